The molecule has 0 aromatic heterocycles. The Bertz CT molecular complexity index is 350. The number of aliphatic carboxylic acids is 1. The summed E-state index contributed by atoms with van der Waals surface area (Å²) in [4.78, 5) is 16.4. The van der Waals surface area contributed by atoms with Crippen molar-refractivity contribution in [3.05, 3.63) is 0 Å². The number of likely N-dealkylation sites (tertiary alicyclic amines) is 1. The predicted molar refractivity (Wildman–Crippen MR) is 80.0 cm³/mol. The van der Waals surface area contributed by atoms with E-state index in [0.29, 0.717) is 18.5 Å². The van der Waals surface area contributed by atoms with Gasteiger partial charge in [0.1, 0.15) is 5.54 Å². The molecule has 2 rings (SSSR count). The molecule has 1 saturated carbocycles. The predicted octanol–water partition coefficient (Wildman–Crippen LogP) is 0.998. The number of hydrogen-bond donors (Lipinski definition) is 2. The maximum Gasteiger partial charge on any atom is 0.323 e. The highest BCUT2D eigenvalue weighted by molar-refractivity contribution is 5.79. The lowest BCUT2D eigenvalue weighted by atomic mass is 9.78. The largest absolute Gasteiger partial charge is 0.480 e. The number of carboxylic acid groups (broad SMARTS) is 1. The Hall–Kier alpha value is -0.650. The van der Waals surface area contributed by atoms with Crippen LogP contribution in [0.2, 0.25) is 0 Å². The van der Waals surface area contributed by atoms with Gasteiger partial charge in [-0.1, -0.05) is 0 Å². The van der Waals surface area contributed by atoms with Crippen molar-refractivity contribution in [3.63, 3.8) is 0 Å². The minimum atomic E-state index is -0.723. The van der Waals surface area contributed by atoms with Crippen molar-refractivity contribution in [2.45, 2.75) is 56.1 Å². The Labute approximate surface area is 122 Å². The third-order valence-corrected chi connectivity index (χ3v) is 5.41. The molecule has 116 valence electrons. The van der Waals surface area contributed by atoms with Crippen molar-refractivity contribution in [1.29, 1.82) is 0 Å². The molecule has 1 heterocycles. The average molecular weight is 283 g/mol. The van der Waals surface area contributed by atoms with E-state index in [4.69, 9.17) is 0 Å². The lowest BCUT2D eigenvalue weighted by molar-refractivity contribution is -0.147. The normalized spacial score (nSPS) is 35.6. The average Bonchev–Trinajstić information content (AvgIpc) is 2.84. The SMILES string of the molecule is CNC1(C(=O)O)CCCC(N(C)CC2CCCN2C)C1. The number of rotatable bonds is 5. The minimum absolute atomic E-state index is 0.376. The van der Waals surface area contributed by atoms with E-state index in [1.807, 2.05) is 0 Å². The molecule has 2 N–H and O–H groups in total. The lowest BCUT2D eigenvalue weighted by Crippen LogP contribution is -2.57. The van der Waals surface area contributed by atoms with Gasteiger partial charge in [0.25, 0.3) is 0 Å². The van der Waals surface area contributed by atoms with E-state index >= 15 is 0 Å². The second kappa shape index (κ2) is 6.41. The van der Waals surface area contributed by atoms with Crippen molar-refractivity contribution in [1.82, 2.24) is 15.1 Å². The van der Waals surface area contributed by atoms with Gasteiger partial charge in [-0.3, -0.25) is 4.79 Å². The molecule has 0 aromatic carbocycles. The molecule has 0 spiro atoms. The molecule has 2 fully saturated rings. The number of likely N-dealkylation sites (N-methyl/N-ethyl adjacent to an activating group) is 3. The molecule has 3 atom stereocenters. The molecular formula is C15H29N3O2. The van der Waals surface area contributed by atoms with Gasteiger partial charge in [-0.25, -0.2) is 0 Å². The van der Waals surface area contributed by atoms with E-state index in [0.717, 1.165) is 25.8 Å². The summed E-state index contributed by atoms with van der Waals surface area (Å²) >= 11 is 0. The summed E-state index contributed by atoms with van der Waals surface area (Å²) in [6.07, 6.45) is 6.11. The molecule has 0 bridgehead atoms. The summed E-state index contributed by atoms with van der Waals surface area (Å²) in [5, 5.41) is 12.6. The highest BCUT2D eigenvalue weighted by atomic mass is 16.4. The fourth-order valence-corrected chi connectivity index (χ4v) is 3.84. The molecule has 0 amide bonds. The second-order valence-electron chi connectivity index (χ2n) is 6.60. The Balaban J connectivity index is 1.95. The van der Waals surface area contributed by atoms with Crippen LogP contribution in [-0.2, 0) is 4.79 Å². The lowest BCUT2D eigenvalue weighted by Gasteiger charge is -2.42. The highest BCUT2D eigenvalue weighted by Crippen LogP contribution is 2.31. The highest BCUT2D eigenvalue weighted by Gasteiger charge is 2.43. The van der Waals surface area contributed by atoms with Crippen LogP contribution in [0.5, 0.6) is 0 Å². The molecule has 20 heavy (non-hydrogen) atoms. The van der Waals surface area contributed by atoms with Crippen LogP contribution in [0.25, 0.3) is 0 Å². The first-order chi connectivity index (χ1) is 9.48. The standard InChI is InChI=1S/C15H29N3O2/c1-16-15(14(19)20)8-4-6-12(10-15)18(3)11-13-7-5-9-17(13)2/h12-13,16H,4-11H2,1-3H3,(H,19,20). The molecular weight excluding hydrogens is 254 g/mol. The monoisotopic (exact) mass is 283 g/mol. The molecule has 5 heteroatoms. The summed E-state index contributed by atoms with van der Waals surface area (Å²) in [7, 11) is 6.13. The third-order valence-electron chi connectivity index (χ3n) is 5.41. The van der Waals surface area contributed by atoms with Crippen LogP contribution >= 0.6 is 0 Å². The quantitative estimate of drug-likeness (QED) is 0.788. The van der Waals surface area contributed by atoms with Gasteiger partial charge in [0.05, 0.1) is 0 Å². The van der Waals surface area contributed by atoms with Crippen LogP contribution in [0.15, 0.2) is 0 Å². The van der Waals surface area contributed by atoms with E-state index in [-0.39, 0.29) is 0 Å². The Kier molecular flexibility index (Phi) is 5.04. The molecule has 2 aliphatic rings. The Morgan fingerprint density at radius 3 is 2.75 bits per heavy atom. The topological polar surface area (TPSA) is 55.8 Å². The Morgan fingerprint density at radius 2 is 2.20 bits per heavy atom. The van der Waals surface area contributed by atoms with E-state index in [1.54, 1.807) is 7.05 Å². The molecule has 1 aliphatic heterocycles. The van der Waals surface area contributed by atoms with Crippen LogP contribution in [0.1, 0.15) is 38.5 Å². The molecule has 5 nitrogen and oxygen atoms in total. The first-order valence-corrected chi connectivity index (χ1v) is 7.81. The van der Waals surface area contributed by atoms with Crippen molar-refractivity contribution >= 4 is 5.97 Å². The first-order valence-electron chi connectivity index (χ1n) is 7.81. The zero-order valence-electron chi connectivity index (χ0n) is 13.1. The Morgan fingerprint density at radius 1 is 1.45 bits per heavy atom. The molecule has 0 radical (unpaired) electrons. The van der Waals surface area contributed by atoms with Crippen LogP contribution in [0.4, 0.5) is 0 Å². The molecule has 1 aliphatic carbocycles. The summed E-state index contributed by atoms with van der Waals surface area (Å²) < 4.78 is 0. The van der Waals surface area contributed by atoms with Crippen LogP contribution < -0.4 is 5.32 Å². The zero-order chi connectivity index (χ0) is 14.8. The van der Waals surface area contributed by atoms with Crippen molar-refractivity contribution < 1.29 is 9.90 Å². The van der Waals surface area contributed by atoms with E-state index in [2.05, 4.69) is 29.2 Å². The van der Waals surface area contributed by atoms with Gasteiger partial charge in [0.15, 0.2) is 0 Å². The van der Waals surface area contributed by atoms with Gasteiger partial charge >= 0.3 is 5.97 Å². The summed E-state index contributed by atoms with van der Waals surface area (Å²) in [5.41, 5.74) is -0.723. The number of carbonyl (C=O) groups is 1. The maximum absolute atomic E-state index is 11.6. The van der Waals surface area contributed by atoms with Gasteiger partial charge < -0.3 is 20.2 Å². The van der Waals surface area contributed by atoms with Crippen molar-refractivity contribution in [3.8, 4) is 0 Å². The van der Waals surface area contributed by atoms with Gasteiger partial charge in [-0.15, -0.1) is 0 Å². The number of nitrogens with one attached hydrogen (secondary N) is 1. The van der Waals surface area contributed by atoms with Gasteiger partial charge in [-0.05, 0) is 66.2 Å². The first kappa shape index (κ1) is 15.7. The fraction of sp³-hybridized carbons (Fsp3) is 0.933. The molecule has 0 aromatic rings. The van der Waals surface area contributed by atoms with Crippen molar-refractivity contribution in [2.24, 2.45) is 0 Å². The smallest absolute Gasteiger partial charge is 0.323 e. The summed E-state index contributed by atoms with van der Waals surface area (Å²) in [5.74, 6) is -0.698. The van der Waals surface area contributed by atoms with E-state index < -0.39 is 11.5 Å². The summed E-state index contributed by atoms with van der Waals surface area (Å²) in [6, 6.07) is 1.01. The van der Waals surface area contributed by atoms with Gasteiger partial charge in [0, 0.05) is 18.6 Å². The molecule has 3 unspecified atom stereocenters. The third kappa shape index (κ3) is 3.15. The second-order valence-corrected chi connectivity index (χ2v) is 6.60. The number of hydrogen-bond acceptors (Lipinski definition) is 4. The maximum atomic E-state index is 11.6. The van der Waals surface area contributed by atoms with Gasteiger partial charge in [-0.2, -0.15) is 0 Å². The van der Waals surface area contributed by atoms with E-state index in [1.165, 1.54) is 19.4 Å². The van der Waals surface area contributed by atoms with Gasteiger partial charge in [0.2, 0.25) is 0 Å². The van der Waals surface area contributed by atoms with Crippen LogP contribution in [-0.4, -0.2) is 72.7 Å². The van der Waals surface area contributed by atoms with Crippen LogP contribution in [0, 0.1) is 0 Å². The molecule has 1 saturated heterocycles. The van der Waals surface area contributed by atoms with Crippen molar-refractivity contribution in [2.75, 3.05) is 34.2 Å². The fourth-order valence-electron chi connectivity index (χ4n) is 3.84. The minimum Gasteiger partial charge on any atom is -0.480 e. The number of nitrogens with zero attached hydrogens (tertiary/aromatic N) is 2. The zero-order valence-corrected chi connectivity index (χ0v) is 13.1. The van der Waals surface area contributed by atoms with E-state index in [9.17, 15) is 9.90 Å². The number of carboxylic acids is 1. The summed E-state index contributed by atoms with van der Waals surface area (Å²) in [6.45, 7) is 2.25. The van der Waals surface area contributed by atoms with Crippen LogP contribution in [0.3, 0.4) is 0 Å².